The lowest BCUT2D eigenvalue weighted by molar-refractivity contribution is 0.119. The van der Waals surface area contributed by atoms with Gasteiger partial charge in [-0.25, -0.2) is 8.42 Å². The van der Waals surface area contributed by atoms with E-state index >= 15 is 0 Å². The molecule has 0 unspecified atom stereocenters. The Morgan fingerprint density at radius 1 is 1.08 bits per heavy atom. The van der Waals surface area contributed by atoms with Gasteiger partial charge in [0.2, 0.25) is 0 Å². The van der Waals surface area contributed by atoms with E-state index in [-0.39, 0.29) is 5.75 Å². The Morgan fingerprint density at radius 2 is 1.69 bits per heavy atom. The maximum atomic E-state index is 12.2. The minimum Gasteiger partial charge on any atom is -0.355 e. The van der Waals surface area contributed by atoms with Crippen LogP contribution < -0.4 is 10.6 Å². The van der Waals surface area contributed by atoms with Gasteiger partial charge in [-0.3, -0.25) is 4.99 Å². The van der Waals surface area contributed by atoms with E-state index in [1.54, 1.807) is 27.8 Å². The summed E-state index contributed by atoms with van der Waals surface area (Å²) in [6.45, 7) is 7.93. The van der Waals surface area contributed by atoms with Crippen LogP contribution in [0.15, 0.2) is 4.99 Å². The average Bonchev–Trinajstić information content (AvgIpc) is 2.61. The molecule has 7 heteroatoms. The predicted octanol–water partition coefficient (Wildman–Crippen LogP) is 2.16. The lowest BCUT2D eigenvalue weighted by Gasteiger charge is -2.39. The number of guanidine groups is 1. The molecule has 1 aliphatic heterocycles. The molecule has 0 spiro atoms. The number of sulfone groups is 1. The van der Waals surface area contributed by atoms with Crippen molar-refractivity contribution in [1.82, 2.24) is 15.5 Å². The molecule has 1 saturated carbocycles. The first-order valence-corrected chi connectivity index (χ1v) is 11.8. The Kier molecular flexibility index (Phi) is 7.76. The van der Waals surface area contributed by atoms with Gasteiger partial charge in [0.15, 0.2) is 15.8 Å². The van der Waals surface area contributed by atoms with E-state index in [0.717, 1.165) is 32.0 Å². The Hall–Kier alpha value is -0.820. The Balaban J connectivity index is 1.72. The zero-order chi connectivity index (χ0) is 19.2. The molecule has 0 bridgehead atoms. The molecule has 26 heavy (non-hydrogen) atoms. The summed E-state index contributed by atoms with van der Waals surface area (Å²) in [4.78, 5) is 6.93. The van der Waals surface area contributed by atoms with Crippen molar-refractivity contribution in [1.29, 1.82) is 0 Å². The van der Waals surface area contributed by atoms with Crippen LogP contribution in [0.1, 0.15) is 65.7 Å². The van der Waals surface area contributed by atoms with Crippen LogP contribution in [0, 0.1) is 0 Å². The lowest BCUT2D eigenvalue weighted by Crippen LogP contribution is -2.51. The number of rotatable bonds is 5. The molecular formula is C19H38N4O2S. The molecule has 2 N–H and O–H groups in total. The lowest BCUT2D eigenvalue weighted by atomic mass is 9.92. The van der Waals surface area contributed by atoms with Crippen molar-refractivity contribution in [2.45, 2.75) is 82.5 Å². The van der Waals surface area contributed by atoms with Crippen LogP contribution in [0.25, 0.3) is 0 Å². The molecule has 152 valence electrons. The summed E-state index contributed by atoms with van der Waals surface area (Å²) in [5, 5.41) is 6.64. The molecule has 0 aromatic carbocycles. The van der Waals surface area contributed by atoms with Crippen LogP contribution >= 0.6 is 0 Å². The number of likely N-dealkylation sites (tertiary alicyclic amines) is 1. The first-order chi connectivity index (χ1) is 12.2. The Bertz CT molecular complexity index is 555. The second-order valence-electron chi connectivity index (χ2n) is 8.68. The van der Waals surface area contributed by atoms with E-state index in [0.29, 0.717) is 18.5 Å². The van der Waals surface area contributed by atoms with Crippen molar-refractivity contribution < 1.29 is 8.42 Å². The SMILES string of the molecule is CN=C(NCCS(=O)(=O)C(C)(C)C)NC1CCN(C2CCCCC2)CC1. The zero-order valence-corrected chi connectivity index (χ0v) is 17.9. The third-order valence-corrected chi connectivity index (χ3v) is 8.39. The highest BCUT2D eigenvalue weighted by Gasteiger charge is 2.29. The van der Waals surface area contributed by atoms with Gasteiger partial charge in [-0.15, -0.1) is 0 Å². The van der Waals surface area contributed by atoms with E-state index in [1.807, 2.05) is 0 Å². The van der Waals surface area contributed by atoms with Crippen LogP contribution in [0.2, 0.25) is 0 Å². The monoisotopic (exact) mass is 386 g/mol. The zero-order valence-electron chi connectivity index (χ0n) is 17.1. The average molecular weight is 387 g/mol. The maximum Gasteiger partial charge on any atom is 0.191 e. The molecule has 1 saturated heterocycles. The van der Waals surface area contributed by atoms with Gasteiger partial charge in [-0.1, -0.05) is 19.3 Å². The second kappa shape index (κ2) is 9.40. The molecule has 2 aliphatic rings. The predicted molar refractivity (Wildman–Crippen MR) is 110 cm³/mol. The van der Waals surface area contributed by atoms with E-state index in [9.17, 15) is 8.42 Å². The summed E-state index contributed by atoms with van der Waals surface area (Å²) < 4.78 is 23.7. The fourth-order valence-corrected chi connectivity index (χ4v) is 4.84. The number of hydrogen-bond acceptors (Lipinski definition) is 4. The van der Waals surface area contributed by atoms with Gasteiger partial charge >= 0.3 is 0 Å². The standard InChI is InChI=1S/C19H38N4O2S/c1-19(2,3)26(24,25)15-12-21-18(20-4)22-16-10-13-23(14-11-16)17-8-6-5-7-9-17/h16-17H,5-15H2,1-4H3,(H2,20,21,22). The molecule has 0 atom stereocenters. The fraction of sp³-hybridized carbons (Fsp3) is 0.947. The first-order valence-electron chi connectivity index (χ1n) is 10.2. The van der Waals surface area contributed by atoms with Gasteiger partial charge in [-0.05, 0) is 46.5 Å². The topological polar surface area (TPSA) is 73.8 Å². The van der Waals surface area contributed by atoms with E-state index < -0.39 is 14.6 Å². The maximum absolute atomic E-state index is 12.2. The highest BCUT2D eigenvalue weighted by atomic mass is 32.2. The van der Waals surface area contributed by atoms with Crippen molar-refractivity contribution >= 4 is 15.8 Å². The van der Waals surface area contributed by atoms with Gasteiger partial charge in [-0.2, -0.15) is 0 Å². The number of hydrogen-bond donors (Lipinski definition) is 2. The summed E-state index contributed by atoms with van der Waals surface area (Å²) >= 11 is 0. The van der Waals surface area contributed by atoms with Gasteiger partial charge in [0.25, 0.3) is 0 Å². The Morgan fingerprint density at radius 3 is 2.23 bits per heavy atom. The van der Waals surface area contributed by atoms with Crippen LogP contribution in [-0.2, 0) is 9.84 Å². The van der Waals surface area contributed by atoms with E-state index in [1.165, 1.54) is 32.1 Å². The van der Waals surface area contributed by atoms with Gasteiger partial charge < -0.3 is 15.5 Å². The minimum atomic E-state index is -3.11. The molecular weight excluding hydrogens is 348 g/mol. The third-order valence-electron chi connectivity index (χ3n) is 5.78. The molecule has 1 aliphatic carbocycles. The quantitative estimate of drug-likeness (QED) is 0.559. The summed E-state index contributed by atoms with van der Waals surface area (Å²) in [6.07, 6.45) is 9.15. The molecule has 0 radical (unpaired) electrons. The normalized spacial score (nSPS) is 22.4. The van der Waals surface area contributed by atoms with Crippen LogP contribution in [0.3, 0.4) is 0 Å². The molecule has 0 aromatic heterocycles. The van der Waals surface area contributed by atoms with Crippen molar-refractivity contribution in [3.63, 3.8) is 0 Å². The molecule has 2 fully saturated rings. The fourth-order valence-electron chi connectivity index (χ4n) is 3.85. The first kappa shape index (κ1) is 21.5. The molecule has 6 nitrogen and oxygen atoms in total. The van der Waals surface area contributed by atoms with Gasteiger partial charge in [0, 0.05) is 38.8 Å². The van der Waals surface area contributed by atoms with Gasteiger partial charge in [0.05, 0.1) is 10.5 Å². The summed E-state index contributed by atoms with van der Waals surface area (Å²) in [5.74, 6) is 0.836. The second-order valence-corrected chi connectivity index (χ2v) is 11.5. The van der Waals surface area contributed by atoms with Crippen molar-refractivity contribution in [3.8, 4) is 0 Å². The molecule has 0 aromatic rings. The Labute approximate surface area is 160 Å². The number of piperidine rings is 1. The summed E-state index contributed by atoms with van der Waals surface area (Å²) in [7, 11) is -1.37. The molecule has 2 rings (SSSR count). The van der Waals surface area contributed by atoms with Crippen molar-refractivity contribution in [2.75, 3.05) is 32.4 Å². The third kappa shape index (κ3) is 6.12. The molecule has 0 amide bonds. The number of aliphatic imine (C=N–C) groups is 1. The van der Waals surface area contributed by atoms with Crippen molar-refractivity contribution in [2.24, 2.45) is 4.99 Å². The van der Waals surface area contributed by atoms with Crippen LogP contribution in [-0.4, -0.2) is 68.5 Å². The van der Waals surface area contributed by atoms with Crippen LogP contribution in [0.4, 0.5) is 0 Å². The number of nitrogens with one attached hydrogen (secondary N) is 2. The highest BCUT2D eigenvalue weighted by molar-refractivity contribution is 7.92. The smallest absolute Gasteiger partial charge is 0.191 e. The van der Waals surface area contributed by atoms with E-state index in [4.69, 9.17) is 0 Å². The largest absolute Gasteiger partial charge is 0.355 e. The van der Waals surface area contributed by atoms with Crippen LogP contribution in [0.5, 0.6) is 0 Å². The summed E-state index contributed by atoms with van der Waals surface area (Å²) in [5.41, 5.74) is 0. The van der Waals surface area contributed by atoms with E-state index in [2.05, 4.69) is 20.5 Å². The summed E-state index contributed by atoms with van der Waals surface area (Å²) in [6, 6.07) is 1.21. The van der Waals surface area contributed by atoms with Crippen molar-refractivity contribution in [3.05, 3.63) is 0 Å². The number of nitrogens with zero attached hydrogens (tertiary/aromatic N) is 2. The highest BCUT2D eigenvalue weighted by Crippen LogP contribution is 2.25. The molecule has 1 heterocycles. The minimum absolute atomic E-state index is 0.122. The van der Waals surface area contributed by atoms with Gasteiger partial charge in [0.1, 0.15) is 0 Å².